The summed E-state index contributed by atoms with van der Waals surface area (Å²) in [6.45, 7) is 0. The first-order valence-corrected chi connectivity index (χ1v) is 5.62. The molecule has 0 radical (unpaired) electrons. The third kappa shape index (κ3) is 2.41. The van der Waals surface area contributed by atoms with Gasteiger partial charge in [0.2, 0.25) is 0 Å². The average molecular weight is 336 g/mol. The van der Waals surface area contributed by atoms with Crippen molar-refractivity contribution in [2.45, 2.75) is 0 Å². The summed E-state index contributed by atoms with van der Waals surface area (Å²) in [5, 5.41) is 8.87. The fourth-order valence-electron chi connectivity index (χ4n) is 1.19. The van der Waals surface area contributed by atoms with Gasteiger partial charge in [-0.05, 0) is 34.7 Å². The molecule has 0 fully saturated rings. The maximum absolute atomic E-state index is 11.6. The van der Waals surface area contributed by atoms with Gasteiger partial charge in [0.15, 0.2) is 5.78 Å². The Hall–Kier alpha value is -0.800. The van der Waals surface area contributed by atoms with Crippen molar-refractivity contribution in [2.24, 2.45) is 0 Å². The van der Waals surface area contributed by atoms with Gasteiger partial charge in [-0.25, -0.2) is 0 Å². The second-order valence-electron chi connectivity index (χ2n) is 2.67. The summed E-state index contributed by atoms with van der Waals surface area (Å²) in [5.74, 6) is -0.0469. The SMILES string of the molecule is COc1c(I)ccc(C#N)c1C(=O)CCl. The Morgan fingerprint density at radius 2 is 2.33 bits per heavy atom. The minimum absolute atomic E-state index is 0.162. The summed E-state index contributed by atoms with van der Waals surface area (Å²) in [6.07, 6.45) is 0. The molecule has 1 aromatic carbocycles. The van der Waals surface area contributed by atoms with E-state index in [4.69, 9.17) is 21.6 Å². The highest BCUT2D eigenvalue weighted by molar-refractivity contribution is 14.1. The Kier molecular flexibility index (Phi) is 4.36. The Balaban J connectivity index is 3.49. The molecule has 15 heavy (non-hydrogen) atoms. The molecule has 0 atom stereocenters. The molecular weight excluding hydrogens is 328 g/mol. The number of halogens is 2. The number of ether oxygens (including phenoxy) is 1. The highest BCUT2D eigenvalue weighted by Gasteiger charge is 2.18. The van der Waals surface area contributed by atoms with Crippen molar-refractivity contribution in [1.29, 1.82) is 5.26 Å². The molecule has 1 aromatic rings. The van der Waals surface area contributed by atoms with Gasteiger partial charge < -0.3 is 4.74 Å². The Bertz CT molecular complexity index is 440. The van der Waals surface area contributed by atoms with Crippen LogP contribution in [0.2, 0.25) is 0 Å². The largest absolute Gasteiger partial charge is 0.495 e. The number of carbonyl (C=O) groups excluding carboxylic acids is 1. The van der Waals surface area contributed by atoms with Crippen LogP contribution in [0.1, 0.15) is 15.9 Å². The van der Waals surface area contributed by atoms with Crippen LogP contribution in [0.4, 0.5) is 0 Å². The normalized spacial score (nSPS) is 9.47. The van der Waals surface area contributed by atoms with Crippen LogP contribution < -0.4 is 4.74 Å². The standard InChI is InChI=1S/C10H7ClINO2/c1-15-10-7(12)3-2-6(5-13)9(10)8(14)4-11/h2-3H,4H2,1H3. The van der Waals surface area contributed by atoms with Crippen molar-refractivity contribution in [3.05, 3.63) is 26.8 Å². The topological polar surface area (TPSA) is 50.1 Å². The molecule has 0 aromatic heterocycles. The third-order valence-electron chi connectivity index (χ3n) is 1.83. The van der Waals surface area contributed by atoms with E-state index in [1.807, 2.05) is 28.7 Å². The van der Waals surface area contributed by atoms with Crippen molar-refractivity contribution in [1.82, 2.24) is 0 Å². The van der Waals surface area contributed by atoms with E-state index >= 15 is 0 Å². The zero-order chi connectivity index (χ0) is 11.4. The summed E-state index contributed by atoms with van der Waals surface area (Å²) in [6, 6.07) is 5.26. The lowest BCUT2D eigenvalue weighted by Gasteiger charge is -2.09. The molecule has 1 rings (SSSR count). The van der Waals surface area contributed by atoms with E-state index in [2.05, 4.69) is 0 Å². The Labute approximate surface area is 106 Å². The summed E-state index contributed by atoms with van der Waals surface area (Å²) in [4.78, 5) is 11.6. The molecule has 0 N–H and O–H groups in total. The van der Waals surface area contributed by atoms with Gasteiger partial charge in [0.05, 0.1) is 27.7 Å². The maximum Gasteiger partial charge on any atom is 0.182 e. The van der Waals surface area contributed by atoms with Crippen molar-refractivity contribution in [3.8, 4) is 11.8 Å². The number of rotatable bonds is 3. The smallest absolute Gasteiger partial charge is 0.182 e. The van der Waals surface area contributed by atoms with E-state index in [0.717, 1.165) is 3.57 Å². The monoisotopic (exact) mass is 335 g/mol. The number of hydrogen-bond acceptors (Lipinski definition) is 3. The average Bonchev–Trinajstić information content (AvgIpc) is 2.27. The molecule has 0 aliphatic carbocycles. The molecule has 0 saturated heterocycles. The number of nitrogens with zero attached hydrogens (tertiary/aromatic N) is 1. The van der Waals surface area contributed by atoms with Gasteiger partial charge in [-0.15, -0.1) is 11.6 Å². The summed E-state index contributed by atoms with van der Waals surface area (Å²) >= 11 is 7.52. The quantitative estimate of drug-likeness (QED) is 0.485. The minimum Gasteiger partial charge on any atom is -0.495 e. The van der Waals surface area contributed by atoms with Crippen LogP contribution in [-0.2, 0) is 0 Å². The number of ketones is 1. The van der Waals surface area contributed by atoms with Crippen molar-refractivity contribution >= 4 is 40.0 Å². The van der Waals surface area contributed by atoms with E-state index < -0.39 is 0 Å². The molecule has 0 aliphatic heterocycles. The molecule has 0 bridgehead atoms. The third-order valence-corrected chi connectivity index (χ3v) is 2.93. The molecule has 0 heterocycles. The van der Waals surface area contributed by atoms with E-state index in [1.165, 1.54) is 7.11 Å². The van der Waals surface area contributed by atoms with Crippen LogP contribution in [0.3, 0.4) is 0 Å². The second kappa shape index (κ2) is 5.33. The molecule has 0 spiro atoms. The number of Topliss-reactive ketones (excluding diaryl/α,β-unsaturated/α-hetero) is 1. The second-order valence-corrected chi connectivity index (χ2v) is 4.10. The highest BCUT2D eigenvalue weighted by atomic mass is 127. The van der Waals surface area contributed by atoms with Gasteiger partial charge in [0.25, 0.3) is 0 Å². The number of carbonyl (C=O) groups is 1. The number of methoxy groups -OCH3 is 1. The minimum atomic E-state index is -0.302. The zero-order valence-electron chi connectivity index (χ0n) is 7.88. The molecule has 3 nitrogen and oxygen atoms in total. The lowest BCUT2D eigenvalue weighted by atomic mass is 10.0. The molecular formula is C10H7ClINO2. The number of alkyl halides is 1. The van der Waals surface area contributed by atoms with Crippen LogP contribution in [0.25, 0.3) is 0 Å². The van der Waals surface area contributed by atoms with Gasteiger partial charge >= 0.3 is 0 Å². The molecule has 0 unspecified atom stereocenters. The van der Waals surface area contributed by atoms with Gasteiger partial charge in [0, 0.05) is 0 Å². The van der Waals surface area contributed by atoms with E-state index in [1.54, 1.807) is 12.1 Å². The van der Waals surface area contributed by atoms with Crippen LogP contribution >= 0.6 is 34.2 Å². The van der Waals surface area contributed by atoms with E-state index in [-0.39, 0.29) is 22.8 Å². The zero-order valence-corrected chi connectivity index (χ0v) is 10.8. The van der Waals surface area contributed by atoms with Crippen LogP contribution in [-0.4, -0.2) is 18.8 Å². The predicted octanol–water partition coefficient (Wildman–Crippen LogP) is 2.59. The fraction of sp³-hybridized carbons (Fsp3) is 0.200. The van der Waals surface area contributed by atoms with Crippen LogP contribution in [0.15, 0.2) is 12.1 Å². The number of benzene rings is 1. The Morgan fingerprint density at radius 3 is 2.80 bits per heavy atom. The number of nitriles is 1. The fourth-order valence-corrected chi connectivity index (χ4v) is 2.00. The van der Waals surface area contributed by atoms with Gasteiger partial charge in [-0.2, -0.15) is 5.26 Å². The summed E-state index contributed by atoms with van der Waals surface area (Å²) in [7, 11) is 1.46. The first kappa shape index (κ1) is 12.3. The lowest BCUT2D eigenvalue weighted by Crippen LogP contribution is -2.07. The molecule has 0 aliphatic rings. The number of hydrogen-bond donors (Lipinski definition) is 0. The van der Waals surface area contributed by atoms with E-state index in [0.29, 0.717) is 5.75 Å². The van der Waals surface area contributed by atoms with E-state index in [9.17, 15) is 4.79 Å². The first-order valence-electron chi connectivity index (χ1n) is 4.01. The van der Waals surface area contributed by atoms with Crippen LogP contribution in [0.5, 0.6) is 5.75 Å². The molecule has 5 heteroatoms. The first-order chi connectivity index (χ1) is 7.15. The van der Waals surface area contributed by atoms with Gasteiger partial charge in [-0.3, -0.25) is 4.79 Å². The molecule has 0 saturated carbocycles. The predicted molar refractivity (Wildman–Crippen MR) is 65.5 cm³/mol. The molecule has 78 valence electrons. The molecule has 0 amide bonds. The maximum atomic E-state index is 11.6. The van der Waals surface area contributed by atoms with Gasteiger partial charge in [-0.1, -0.05) is 0 Å². The van der Waals surface area contributed by atoms with Gasteiger partial charge in [0.1, 0.15) is 11.8 Å². The van der Waals surface area contributed by atoms with Crippen LogP contribution in [0, 0.1) is 14.9 Å². The lowest BCUT2D eigenvalue weighted by molar-refractivity contribution is 0.101. The Morgan fingerprint density at radius 1 is 1.67 bits per heavy atom. The highest BCUT2D eigenvalue weighted by Crippen LogP contribution is 2.28. The van der Waals surface area contributed by atoms with Crippen molar-refractivity contribution < 1.29 is 9.53 Å². The summed E-state index contributed by atoms with van der Waals surface area (Å²) in [5.41, 5.74) is 0.555. The summed E-state index contributed by atoms with van der Waals surface area (Å²) < 4.78 is 5.88. The van der Waals surface area contributed by atoms with Crippen molar-refractivity contribution in [2.75, 3.05) is 13.0 Å². The van der Waals surface area contributed by atoms with Crippen molar-refractivity contribution in [3.63, 3.8) is 0 Å².